The van der Waals surface area contributed by atoms with Crippen molar-refractivity contribution in [3.8, 4) is 0 Å². The molecule has 1 aliphatic rings. The van der Waals surface area contributed by atoms with E-state index in [1.807, 2.05) is 18.2 Å². The number of hydrogen-bond donors (Lipinski definition) is 3. The maximum atomic E-state index is 12.2. The molecule has 2 aromatic heterocycles. The van der Waals surface area contributed by atoms with Crippen molar-refractivity contribution in [2.75, 3.05) is 11.9 Å². The molecule has 0 bridgehead atoms. The van der Waals surface area contributed by atoms with Crippen LogP contribution < -0.4 is 11.1 Å². The second kappa shape index (κ2) is 8.79. The molecule has 1 unspecified atom stereocenters. The number of carbonyl (C=O) groups is 1. The van der Waals surface area contributed by atoms with E-state index in [9.17, 15) is 4.79 Å². The Morgan fingerprint density at radius 3 is 2.92 bits per heavy atom. The number of carbonyl (C=O) groups excluding carboxylic acids is 1. The normalized spacial score (nSPS) is 16.1. The molecule has 1 atom stereocenters. The summed E-state index contributed by atoms with van der Waals surface area (Å²) in [5, 5.41) is 5.30. The van der Waals surface area contributed by atoms with Crippen molar-refractivity contribution in [3.05, 3.63) is 40.1 Å². The van der Waals surface area contributed by atoms with E-state index in [0.29, 0.717) is 17.9 Å². The summed E-state index contributed by atoms with van der Waals surface area (Å²) >= 11 is 1.38. The number of amides is 1. The summed E-state index contributed by atoms with van der Waals surface area (Å²) in [5.41, 5.74) is 8.33. The minimum atomic E-state index is -0.246. The summed E-state index contributed by atoms with van der Waals surface area (Å²) in [6.45, 7) is 1.12. The molecule has 3 aromatic rings. The van der Waals surface area contributed by atoms with Crippen molar-refractivity contribution in [1.29, 1.82) is 0 Å². The van der Waals surface area contributed by atoms with Gasteiger partial charge in [0.2, 0.25) is 0 Å². The molecule has 10 heteroatoms. The summed E-state index contributed by atoms with van der Waals surface area (Å²) in [5.74, 6) is 0.599. The predicted octanol–water partition coefficient (Wildman–Crippen LogP) is 3.43. The number of hydrogen-bond acceptors (Lipinski definition) is 6. The monoisotopic (exact) mass is 415 g/mol. The van der Waals surface area contributed by atoms with Crippen molar-refractivity contribution in [2.45, 2.75) is 25.5 Å². The number of thiazole rings is 1. The van der Waals surface area contributed by atoms with Gasteiger partial charge in [0.15, 0.2) is 0 Å². The number of benzene rings is 1. The summed E-state index contributed by atoms with van der Waals surface area (Å²) in [4.78, 5) is 24.3. The van der Waals surface area contributed by atoms with Crippen LogP contribution >= 0.6 is 36.2 Å². The summed E-state index contributed by atoms with van der Waals surface area (Å²) in [6.07, 6.45) is 2.08. The Kier molecular flexibility index (Phi) is 6.96. The number of aromatic amines is 1. The van der Waals surface area contributed by atoms with Gasteiger partial charge >= 0.3 is 0 Å². The van der Waals surface area contributed by atoms with Crippen molar-refractivity contribution < 1.29 is 9.53 Å². The third-order valence-corrected chi connectivity index (χ3v) is 4.82. The van der Waals surface area contributed by atoms with E-state index in [0.717, 1.165) is 41.3 Å². The molecule has 0 aliphatic carbocycles. The Bertz CT molecular complexity index is 892. The van der Waals surface area contributed by atoms with Crippen LogP contribution in [0.1, 0.15) is 40.3 Å². The van der Waals surface area contributed by atoms with Gasteiger partial charge in [0.25, 0.3) is 5.91 Å². The van der Waals surface area contributed by atoms with Crippen molar-refractivity contribution in [3.63, 3.8) is 0 Å². The molecular weight excluding hydrogens is 397 g/mol. The van der Waals surface area contributed by atoms with Crippen LogP contribution in [0.3, 0.4) is 0 Å². The maximum Gasteiger partial charge on any atom is 0.275 e. The molecule has 1 aromatic carbocycles. The average Bonchev–Trinajstić information content (AvgIpc) is 3.32. The number of imidazole rings is 1. The number of halogens is 2. The Labute approximate surface area is 166 Å². The molecule has 0 saturated carbocycles. The van der Waals surface area contributed by atoms with Gasteiger partial charge in [-0.15, -0.1) is 36.2 Å². The van der Waals surface area contributed by atoms with Crippen molar-refractivity contribution in [2.24, 2.45) is 5.73 Å². The minimum Gasteiger partial charge on any atom is -0.370 e. The summed E-state index contributed by atoms with van der Waals surface area (Å²) in [6, 6.07) is 5.58. The fourth-order valence-corrected chi connectivity index (χ4v) is 3.41. The smallest absolute Gasteiger partial charge is 0.275 e. The number of anilines is 1. The zero-order chi connectivity index (χ0) is 16.5. The van der Waals surface area contributed by atoms with E-state index >= 15 is 0 Å². The van der Waals surface area contributed by atoms with Crippen molar-refractivity contribution >= 4 is 58.8 Å². The summed E-state index contributed by atoms with van der Waals surface area (Å²) in [7, 11) is 0. The molecule has 4 rings (SSSR count). The van der Waals surface area contributed by atoms with E-state index in [2.05, 4.69) is 20.3 Å². The minimum absolute atomic E-state index is 0. The first-order valence-corrected chi connectivity index (χ1v) is 8.68. The molecule has 4 N–H and O–H groups in total. The van der Waals surface area contributed by atoms with Crippen LogP contribution in [0.15, 0.2) is 23.6 Å². The second-order valence-corrected chi connectivity index (χ2v) is 6.58. The third-order valence-electron chi connectivity index (χ3n) is 3.95. The number of nitrogens with one attached hydrogen (secondary N) is 2. The van der Waals surface area contributed by atoms with Gasteiger partial charge in [0, 0.05) is 24.2 Å². The van der Waals surface area contributed by atoms with Crippen molar-refractivity contribution in [1.82, 2.24) is 15.0 Å². The number of fused-ring (bicyclic) bond motifs is 1. The molecule has 26 heavy (non-hydrogen) atoms. The van der Waals surface area contributed by atoms with E-state index < -0.39 is 0 Å². The molecule has 7 nitrogen and oxygen atoms in total. The lowest BCUT2D eigenvalue weighted by molar-refractivity contribution is 0.102. The Morgan fingerprint density at radius 1 is 1.38 bits per heavy atom. The highest BCUT2D eigenvalue weighted by atomic mass is 35.5. The van der Waals surface area contributed by atoms with Crippen LogP contribution in [0.5, 0.6) is 0 Å². The average molecular weight is 416 g/mol. The van der Waals surface area contributed by atoms with Gasteiger partial charge in [-0.25, -0.2) is 9.97 Å². The van der Waals surface area contributed by atoms with Gasteiger partial charge in [-0.2, -0.15) is 0 Å². The first-order chi connectivity index (χ1) is 11.7. The lowest BCUT2D eigenvalue weighted by Gasteiger charge is -2.03. The molecule has 1 aliphatic heterocycles. The van der Waals surface area contributed by atoms with Crippen LogP contribution in [0.4, 0.5) is 5.69 Å². The summed E-state index contributed by atoms with van der Waals surface area (Å²) < 4.78 is 5.65. The molecule has 140 valence electrons. The number of H-pyrrole nitrogens is 1. The Morgan fingerprint density at radius 2 is 2.23 bits per heavy atom. The van der Waals surface area contributed by atoms with Gasteiger partial charge < -0.3 is 20.8 Å². The van der Waals surface area contributed by atoms with Gasteiger partial charge in [0.05, 0.1) is 11.0 Å². The molecular formula is C16H19Cl2N5O2S. The predicted molar refractivity (Wildman–Crippen MR) is 106 cm³/mol. The lowest BCUT2D eigenvalue weighted by atomic mass is 10.2. The first kappa shape index (κ1) is 20.6. The zero-order valence-electron chi connectivity index (χ0n) is 13.7. The highest BCUT2D eigenvalue weighted by molar-refractivity contribution is 7.09. The van der Waals surface area contributed by atoms with Crippen LogP contribution in [0, 0.1) is 0 Å². The SMILES string of the molecule is Cl.Cl.NCc1nc(C(=O)Nc2ccc3nc(C4CCCO4)[nH]c3c2)cs1. The molecule has 1 amide bonds. The van der Waals surface area contributed by atoms with Gasteiger partial charge in [-0.3, -0.25) is 4.79 Å². The number of nitrogens with zero attached hydrogens (tertiary/aromatic N) is 2. The molecule has 0 spiro atoms. The second-order valence-electron chi connectivity index (χ2n) is 5.64. The fourth-order valence-electron chi connectivity index (χ4n) is 2.76. The Balaban J connectivity index is 0.00000121. The van der Waals surface area contributed by atoms with Crippen LogP contribution in [-0.4, -0.2) is 27.5 Å². The third kappa shape index (κ3) is 4.16. The lowest BCUT2D eigenvalue weighted by Crippen LogP contribution is -2.12. The van der Waals surface area contributed by atoms with Crippen LogP contribution in [0.25, 0.3) is 11.0 Å². The van der Waals surface area contributed by atoms with Gasteiger partial charge in [-0.1, -0.05) is 0 Å². The number of nitrogens with two attached hydrogens (primary N) is 1. The van der Waals surface area contributed by atoms with E-state index in [1.54, 1.807) is 5.38 Å². The number of ether oxygens (including phenoxy) is 1. The van der Waals surface area contributed by atoms with Gasteiger partial charge in [0.1, 0.15) is 22.6 Å². The molecule has 1 fully saturated rings. The van der Waals surface area contributed by atoms with Crippen LogP contribution in [0.2, 0.25) is 0 Å². The highest BCUT2D eigenvalue weighted by Crippen LogP contribution is 2.28. The molecule has 3 heterocycles. The highest BCUT2D eigenvalue weighted by Gasteiger charge is 2.21. The van der Waals surface area contributed by atoms with Crippen LogP contribution in [-0.2, 0) is 11.3 Å². The maximum absolute atomic E-state index is 12.2. The van der Waals surface area contributed by atoms with E-state index in [1.165, 1.54) is 11.3 Å². The van der Waals surface area contributed by atoms with E-state index in [4.69, 9.17) is 10.5 Å². The quantitative estimate of drug-likeness (QED) is 0.604. The zero-order valence-corrected chi connectivity index (χ0v) is 16.2. The fraction of sp³-hybridized carbons (Fsp3) is 0.312. The number of aromatic nitrogens is 3. The topological polar surface area (TPSA) is 106 Å². The molecule has 1 saturated heterocycles. The number of rotatable bonds is 4. The van der Waals surface area contributed by atoms with Gasteiger partial charge in [-0.05, 0) is 31.0 Å². The Hall–Kier alpha value is -1.71. The standard InChI is InChI=1S/C16H17N5O2S.2ClH/c17-7-14-19-12(8-24-14)16(22)18-9-3-4-10-11(6-9)21-15(20-10)13-2-1-5-23-13;;/h3-4,6,8,13H,1-2,5,7,17H2,(H,18,22)(H,20,21);2*1H. The largest absolute Gasteiger partial charge is 0.370 e. The van der Waals surface area contributed by atoms with E-state index in [-0.39, 0.29) is 36.8 Å². The first-order valence-electron chi connectivity index (χ1n) is 7.80. The molecule has 0 radical (unpaired) electrons.